The molecule has 1 aliphatic carbocycles. The number of pyridine rings is 2. The zero-order chi connectivity index (χ0) is 24.5. The van der Waals surface area contributed by atoms with E-state index in [1.807, 2.05) is 32.0 Å². The molecule has 0 unspecified atom stereocenters. The molecule has 5 rings (SSSR count). The molecular weight excluding hydrogens is 442 g/mol. The number of nitrogens with one attached hydrogen (secondary N) is 2. The van der Waals surface area contributed by atoms with Crippen molar-refractivity contribution in [2.24, 2.45) is 0 Å². The molecule has 1 saturated carbocycles. The fourth-order valence-corrected chi connectivity index (χ4v) is 4.98. The molecule has 180 valence electrons. The Morgan fingerprint density at radius 2 is 1.94 bits per heavy atom. The molecule has 0 spiro atoms. The number of aromatic nitrogens is 4. The Labute approximate surface area is 203 Å². The van der Waals surface area contributed by atoms with Crippen molar-refractivity contribution in [3.8, 4) is 17.0 Å². The minimum atomic E-state index is -0.247. The predicted octanol–water partition coefficient (Wildman–Crippen LogP) is 4.46. The first-order valence-electron chi connectivity index (χ1n) is 11.9. The van der Waals surface area contributed by atoms with E-state index in [4.69, 9.17) is 4.74 Å². The molecule has 0 radical (unpaired) electrons. The maximum absolute atomic E-state index is 13.4. The van der Waals surface area contributed by atoms with Gasteiger partial charge in [-0.05, 0) is 62.1 Å². The lowest BCUT2D eigenvalue weighted by Crippen LogP contribution is -2.28. The van der Waals surface area contributed by atoms with Gasteiger partial charge in [0.05, 0.1) is 30.4 Å². The van der Waals surface area contributed by atoms with Gasteiger partial charge in [-0.25, -0.2) is 4.98 Å². The second-order valence-corrected chi connectivity index (χ2v) is 9.20. The third-order valence-electron chi connectivity index (χ3n) is 6.83. The van der Waals surface area contributed by atoms with Gasteiger partial charge in [-0.1, -0.05) is 12.8 Å². The van der Waals surface area contributed by atoms with Gasteiger partial charge in [0.15, 0.2) is 0 Å². The molecule has 0 saturated heterocycles. The SMILES string of the molecule is COc1ccc(-c2cc(C(=O)NCc3c(C)cc(C)[nH]c3=O)c3cnn(C4CCCC4)c3c2)cn1. The summed E-state index contributed by atoms with van der Waals surface area (Å²) in [6.07, 6.45) is 8.07. The van der Waals surface area contributed by atoms with E-state index in [9.17, 15) is 9.59 Å². The van der Waals surface area contributed by atoms with Crippen LogP contribution in [0.3, 0.4) is 0 Å². The van der Waals surface area contributed by atoms with Crippen LogP contribution in [0.15, 0.2) is 47.5 Å². The van der Waals surface area contributed by atoms with E-state index in [0.29, 0.717) is 23.0 Å². The van der Waals surface area contributed by atoms with Crippen molar-refractivity contribution < 1.29 is 9.53 Å². The minimum absolute atomic E-state index is 0.146. The number of amides is 1. The number of nitrogens with zero attached hydrogens (tertiary/aromatic N) is 3. The van der Waals surface area contributed by atoms with Crippen molar-refractivity contribution in [1.29, 1.82) is 0 Å². The van der Waals surface area contributed by atoms with Crippen LogP contribution in [0.4, 0.5) is 0 Å². The number of carbonyl (C=O) groups is 1. The quantitative estimate of drug-likeness (QED) is 0.432. The van der Waals surface area contributed by atoms with Crippen LogP contribution < -0.4 is 15.6 Å². The third-order valence-corrected chi connectivity index (χ3v) is 6.83. The Bertz CT molecular complexity index is 1450. The lowest BCUT2D eigenvalue weighted by Gasteiger charge is -2.14. The highest BCUT2D eigenvalue weighted by molar-refractivity contribution is 6.08. The van der Waals surface area contributed by atoms with Crippen LogP contribution in [-0.2, 0) is 6.54 Å². The lowest BCUT2D eigenvalue weighted by molar-refractivity contribution is 0.0952. The third kappa shape index (κ3) is 4.43. The van der Waals surface area contributed by atoms with E-state index in [2.05, 4.69) is 31.1 Å². The molecule has 1 aromatic carbocycles. The summed E-state index contributed by atoms with van der Waals surface area (Å²) >= 11 is 0. The molecule has 35 heavy (non-hydrogen) atoms. The van der Waals surface area contributed by atoms with Crippen LogP contribution in [0.2, 0.25) is 0 Å². The number of hydrogen-bond donors (Lipinski definition) is 2. The first kappa shape index (κ1) is 22.8. The van der Waals surface area contributed by atoms with Gasteiger partial charge in [0.2, 0.25) is 5.88 Å². The number of H-pyrrole nitrogens is 1. The van der Waals surface area contributed by atoms with Crippen LogP contribution in [0.1, 0.15) is 58.9 Å². The van der Waals surface area contributed by atoms with Gasteiger partial charge >= 0.3 is 0 Å². The van der Waals surface area contributed by atoms with Gasteiger partial charge in [0.1, 0.15) is 0 Å². The summed E-state index contributed by atoms with van der Waals surface area (Å²) in [7, 11) is 1.58. The van der Waals surface area contributed by atoms with E-state index >= 15 is 0 Å². The van der Waals surface area contributed by atoms with Gasteiger partial charge in [-0.3, -0.25) is 14.3 Å². The lowest BCUT2D eigenvalue weighted by atomic mass is 10.0. The number of methoxy groups -OCH3 is 1. The Morgan fingerprint density at radius 1 is 1.14 bits per heavy atom. The topological polar surface area (TPSA) is 102 Å². The van der Waals surface area contributed by atoms with Crippen molar-refractivity contribution in [3.05, 3.63) is 75.5 Å². The Balaban J connectivity index is 1.55. The maximum atomic E-state index is 13.4. The summed E-state index contributed by atoms with van der Waals surface area (Å²) < 4.78 is 7.26. The van der Waals surface area contributed by atoms with Crippen LogP contribution in [0, 0.1) is 13.8 Å². The van der Waals surface area contributed by atoms with Crippen LogP contribution >= 0.6 is 0 Å². The number of aromatic amines is 1. The highest BCUT2D eigenvalue weighted by Crippen LogP contribution is 2.35. The minimum Gasteiger partial charge on any atom is -0.481 e. The van der Waals surface area contributed by atoms with E-state index in [1.165, 1.54) is 12.8 Å². The summed E-state index contributed by atoms with van der Waals surface area (Å²) in [6.45, 7) is 3.87. The molecule has 0 aliphatic heterocycles. The molecule has 1 fully saturated rings. The van der Waals surface area contributed by atoms with Gasteiger partial charge in [0.25, 0.3) is 11.5 Å². The molecule has 4 aromatic rings. The molecule has 0 atom stereocenters. The Hall–Kier alpha value is -3.94. The summed E-state index contributed by atoms with van der Waals surface area (Å²) in [6, 6.07) is 9.93. The number of carbonyl (C=O) groups excluding carboxylic acids is 1. The highest BCUT2D eigenvalue weighted by atomic mass is 16.5. The Kier molecular flexibility index (Phi) is 6.11. The molecule has 0 bridgehead atoms. The molecule has 1 amide bonds. The summed E-state index contributed by atoms with van der Waals surface area (Å²) in [5.41, 5.74) is 5.23. The second-order valence-electron chi connectivity index (χ2n) is 9.20. The smallest absolute Gasteiger partial charge is 0.253 e. The van der Waals surface area contributed by atoms with Crippen molar-refractivity contribution >= 4 is 16.8 Å². The molecule has 1 aliphatic rings. The fourth-order valence-electron chi connectivity index (χ4n) is 4.98. The number of ether oxygens (including phenoxy) is 1. The molecule has 8 nitrogen and oxygen atoms in total. The maximum Gasteiger partial charge on any atom is 0.253 e. The summed E-state index contributed by atoms with van der Waals surface area (Å²) in [5, 5.41) is 8.44. The Morgan fingerprint density at radius 3 is 2.63 bits per heavy atom. The normalized spacial score (nSPS) is 13.9. The van der Waals surface area contributed by atoms with Gasteiger partial charge in [0, 0.05) is 41.0 Å². The average Bonchev–Trinajstić information content (AvgIpc) is 3.52. The van der Waals surface area contributed by atoms with Gasteiger partial charge < -0.3 is 15.0 Å². The van der Waals surface area contributed by atoms with E-state index in [1.54, 1.807) is 25.6 Å². The van der Waals surface area contributed by atoms with E-state index in [0.717, 1.165) is 46.1 Å². The number of hydrogen-bond acceptors (Lipinski definition) is 5. The van der Waals surface area contributed by atoms with Gasteiger partial charge in [-0.15, -0.1) is 0 Å². The zero-order valence-corrected chi connectivity index (χ0v) is 20.2. The fraction of sp³-hybridized carbons (Fsp3) is 0.333. The largest absolute Gasteiger partial charge is 0.481 e. The van der Waals surface area contributed by atoms with E-state index < -0.39 is 0 Å². The number of fused-ring (bicyclic) bond motifs is 1. The van der Waals surface area contributed by atoms with Crippen LogP contribution in [-0.4, -0.2) is 32.8 Å². The molecule has 2 N–H and O–H groups in total. The van der Waals surface area contributed by atoms with E-state index in [-0.39, 0.29) is 18.0 Å². The molecule has 3 aromatic heterocycles. The van der Waals surface area contributed by atoms with Gasteiger partial charge in [-0.2, -0.15) is 5.10 Å². The first-order valence-corrected chi connectivity index (χ1v) is 11.9. The number of benzene rings is 1. The first-order chi connectivity index (χ1) is 16.9. The van der Waals surface area contributed by atoms with Crippen molar-refractivity contribution in [2.75, 3.05) is 7.11 Å². The van der Waals surface area contributed by atoms with Crippen LogP contribution in [0.25, 0.3) is 22.0 Å². The second kappa shape index (κ2) is 9.37. The average molecular weight is 472 g/mol. The monoisotopic (exact) mass is 471 g/mol. The van der Waals surface area contributed by atoms with Crippen molar-refractivity contribution in [1.82, 2.24) is 25.1 Å². The predicted molar refractivity (Wildman–Crippen MR) is 135 cm³/mol. The molecule has 8 heteroatoms. The standard InChI is InChI=1S/C27H29N5O3/c1-16-10-17(2)31-27(34)22(16)14-29-26(33)21-11-19(18-8-9-25(35-3)28-13-18)12-24-23(21)15-30-32(24)20-6-4-5-7-20/h8-13,15,20H,4-7,14H2,1-3H3,(H,29,33)(H,31,34). The summed E-state index contributed by atoms with van der Waals surface area (Å²) in [5.74, 6) is 0.283. The molecular formula is C27H29N5O3. The highest BCUT2D eigenvalue weighted by Gasteiger charge is 2.23. The van der Waals surface area contributed by atoms with Crippen LogP contribution in [0.5, 0.6) is 5.88 Å². The number of aryl methyl sites for hydroxylation is 2. The van der Waals surface area contributed by atoms with Crippen molar-refractivity contribution in [2.45, 2.75) is 52.1 Å². The number of rotatable bonds is 6. The summed E-state index contributed by atoms with van der Waals surface area (Å²) in [4.78, 5) is 33.0. The molecule has 3 heterocycles. The van der Waals surface area contributed by atoms with Crippen molar-refractivity contribution in [3.63, 3.8) is 0 Å². The zero-order valence-electron chi connectivity index (χ0n) is 20.2.